The molecule has 0 aromatic heterocycles. The summed E-state index contributed by atoms with van der Waals surface area (Å²) in [5, 5.41) is 0. The zero-order valence-electron chi connectivity index (χ0n) is 10.5. The van der Waals surface area contributed by atoms with E-state index in [4.69, 9.17) is 0 Å². The smallest absolute Gasteiger partial charge is 0.222 e. The summed E-state index contributed by atoms with van der Waals surface area (Å²) in [6, 6.07) is 1.15. The molecule has 1 aliphatic carbocycles. The maximum Gasteiger partial charge on any atom is 0.222 e. The van der Waals surface area contributed by atoms with Crippen LogP contribution in [0.4, 0.5) is 0 Å². The number of carbonyl (C=O) groups is 1. The van der Waals surface area contributed by atoms with Crippen molar-refractivity contribution in [2.75, 3.05) is 19.6 Å². The van der Waals surface area contributed by atoms with Gasteiger partial charge >= 0.3 is 0 Å². The van der Waals surface area contributed by atoms with Crippen molar-refractivity contribution in [3.05, 3.63) is 12.2 Å². The van der Waals surface area contributed by atoms with Crippen molar-refractivity contribution in [2.45, 2.75) is 50.6 Å². The van der Waals surface area contributed by atoms with Gasteiger partial charge < -0.3 is 4.90 Å². The molecule has 2 atom stereocenters. The Balaban J connectivity index is 1.59. The molecule has 17 heavy (non-hydrogen) atoms. The maximum absolute atomic E-state index is 11.7. The molecule has 0 N–H and O–H groups in total. The van der Waals surface area contributed by atoms with Crippen LogP contribution in [0.2, 0.25) is 0 Å². The van der Waals surface area contributed by atoms with Crippen molar-refractivity contribution in [1.82, 2.24) is 9.80 Å². The van der Waals surface area contributed by atoms with E-state index in [1.807, 2.05) is 0 Å². The molecule has 0 spiro atoms. The lowest BCUT2D eigenvalue weighted by Crippen LogP contribution is -2.40. The number of allylic oxidation sites excluding steroid dienone is 1. The van der Waals surface area contributed by atoms with Crippen LogP contribution >= 0.6 is 0 Å². The molecule has 0 bridgehead atoms. The van der Waals surface area contributed by atoms with Crippen LogP contribution in [-0.4, -0.2) is 47.4 Å². The van der Waals surface area contributed by atoms with Crippen LogP contribution in [0.5, 0.6) is 0 Å². The van der Waals surface area contributed by atoms with E-state index in [1.54, 1.807) is 0 Å². The van der Waals surface area contributed by atoms with Gasteiger partial charge in [0.15, 0.2) is 0 Å². The lowest BCUT2D eigenvalue weighted by atomic mass is 10.0. The summed E-state index contributed by atoms with van der Waals surface area (Å²) >= 11 is 0. The molecule has 0 saturated carbocycles. The Morgan fingerprint density at radius 1 is 1.18 bits per heavy atom. The summed E-state index contributed by atoms with van der Waals surface area (Å²) in [7, 11) is 0. The number of rotatable bonds is 2. The van der Waals surface area contributed by atoms with E-state index in [9.17, 15) is 4.79 Å². The molecule has 2 fully saturated rings. The largest absolute Gasteiger partial charge is 0.338 e. The summed E-state index contributed by atoms with van der Waals surface area (Å²) in [5.74, 6) is 0.385. The fourth-order valence-corrected chi connectivity index (χ4v) is 3.48. The summed E-state index contributed by atoms with van der Waals surface area (Å²) in [4.78, 5) is 16.4. The molecule has 3 nitrogen and oxygen atoms in total. The Bertz CT molecular complexity index is 326. The molecule has 2 saturated heterocycles. The molecule has 0 aromatic rings. The van der Waals surface area contributed by atoms with Crippen molar-refractivity contribution in [3.8, 4) is 0 Å². The lowest BCUT2D eigenvalue weighted by Gasteiger charge is -2.29. The first kappa shape index (κ1) is 11.3. The lowest BCUT2D eigenvalue weighted by molar-refractivity contribution is -0.129. The molecule has 3 rings (SSSR count). The number of amides is 1. The first-order chi connectivity index (χ1) is 8.34. The summed E-state index contributed by atoms with van der Waals surface area (Å²) in [6.45, 7) is 3.27. The van der Waals surface area contributed by atoms with Crippen LogP contribution in [0, 0.1) is 0 Å². The van der Waals surface area contributed by atoms with E-state index in [2.05, 4.69) is 22.0 Å². The Hall–Kier alpha value is -0.830. The minimum absolute atomic E-state index is 0.385. The monoisotopic (exact) mass is 234 g/mol. The zero-order valence-corrected chi connectivity index (χ0v) is 10.5. The average Bonchev–Trinajstić information content (AvgIpc) is 2.98. The molecule has 0 aromatic carbocycles. The fraction of sp³-hybridized carbons (Fsp3) is 0.786. The van der Waals surface area contributed by atoms with E-state index in [-0.39, 0.29) is 0 Å². The molecular formula is C14H22N2O. The minimum atomic E-state index is 0.385. The molecule has 3 aliphatic rings. The normalized spacial score (nSPS) is 34.8. The van der Waals surface area contributed by atoms with Gasteiger partial charge in [0.2, 0.25) is 5.91 Å². The second-order valence-corrected chi connectivity index (χ2v) is 5.55. The van der Waals surface area contributed by atoms with Crippen molar-refractivity contribution < 1.29 is 4.79 Å². The van der Waals surface area contributed by atoms with Gasteiger partial charge in [-0.1, -0.05) is 12.2 Å². The first-order valence-electron chi connectivity index (χ1n) is 7.05. The summed E-state index contributed by atoms with van der Waals surface area (Å²) in [6.07, 6.45) is 11.6. The van der Waals surface area contributed by atoms with Gasteiger partial charge in [0.25, 0.3) is 0 Å². The summed E-state index contributed by atoms with van der Waals surface area (Å²) in [5.41, 5.74) is 0. The first-order valence-corrected chi connectivity index (χ1v) is 7.05. The minimum Gasteiger partial charge on any atom is -0.338 e. The predicted octanol–water partition coefficient (Wildman–Crippen LogP) is 1.79. The van der Waals surface area contributed by atoms with Crippen LogP contribution < -0.4 is 0 Å². The molecule has 1 amide bonds. The molecular weight excluding hydrogens is 212 g/mol. The van der Waals surface area contributed by atoms with E-state index in [0.29, 0.717) is 18.0 Å². The van der Waals surface area contributed by atoms with Gasteiger partial charge in [0.1, 0.15) is 0 Å². The van der Waals surface area contributed by atoms with Gasteiger partial charge in [-0.2, -0.15) is 0 Å². The number of hydrogen-bond acceptors (Lipinski definition) is 2. The van der Waals surface area contributed by atoms with Gasteiger partial charge in [-0.15, -0.1) is 0 Å². The Morgan fingerprint density at radius 2 is 2.12 bits per heavy atom. The number of likely N-dealkylation sites (tertiary alicyclic amines) is 2. The van der Waals surface area contributed by atoms with Gasteiger partial charge in [-0.05, 0) is 32.1 Å². The van der Waals surface area contributed by atoms with Crippen molar-refractivity contribution in [3.63, 3.8) is 0 Å². The highest BCUT2D eigenvalue weighted by Crippen LogP contribution is 2.25. The van der Waals surface area contributed by atoms with Crippen LogP contribution in [0.25, 0.3) is 0 Å². The van der Waals surface area contributed by atoms with Crippen LogP contribution in [0.3, 0.4) is 0 Å². The second kappa shape index (κ2) is 4.81. The zero-order chi connectivity index (χ0) is 11.7. The number of carbonyl (C=O) groups excluding carboxylic acids is 1. The average molecular weight is 234 g/mol. The topological polar surface area (TPSA) is 23.6 Å². The van der Waals surface area contributed by atoms with E-state index < -0.39 is 0 Å². The van der Waals surface area contributed by atoms with Crippen molar-refractivity contribution >= 4 is 5.91 Å². The third-order valence-corrected chi connectivity index (χ3v) is 4.44. The molecule has 2 heterocycles. The third kappa shape index (κ3) is 2.25. The fourth-order valence-electron chi connectivity index (χ4n) is 3.48. The third-order valence-electron chi connectivity index (χ3n) is 4.44. The second-order valence-electron chi connectivity index (χ2n) is 5.55. The SMILES string of the molecule is O=C1CCCN1C1CCN(C2C=CCCC2)C1. The van der Waals surface area contributed by atoms with Crippen molar-refractivity contribution in [1.29, 1.82) is 0 Å². The molecule has 3 heteroatoms. The molecule has 2 unspecified atom stereocenters. The number of nitrogens with zero attached hydrogens (tertiary/aromatic N) is 2. The highest BCUT2D eigenvalue weighted by Gasteiger charge is 2.34. The highest BCUT2D eigenvalue weighted by atomic mass is 16.2. The standard InChI is InChI=1S/C14H22N2O/c17-14-7-4-9-16(14)13-8-10-15(11-13)12-5-2-1-3-6-12/h2,5,12-13H,1,3-4,6-11H2. The van der Waals surface area contributed by atoms with Crippen LogP contribution in [0.1, 0.15) is 38.5 Å². The predicted molar refractivity (Wildman–Crippen MR) is 67.7 cm³/mol. The molecule has 94 valence electrons. The Kier molecular flexibility index (Phi) is 3.19. The van der Waals surface area contributed by atoms with Crippen LogP contribution in [0.15, 0.2) is 12.2 Å². The number of hydrogen-bond donors (Lipinski definition) is 0. The van der Waals surface area contributed by atoms with Gasteiger partial charge in [-0.25, -0.2) is 0 Å². The molecule has 0 radical (unpaired) electrons. The Morgan fingerprint density at radius 3 is 2.82 bits per heavy atom. The maximum atomic E-state index is 11.7. The summed E-state index contributed by atoms with van der Waals surface area (Å²) < 4.78 is 0. The molecule has 2 aliphatic heterocycles. The van der Waals surface area contributed by atoms with Gasteiger partial charge in [0, 0.05) is 38.1 Å². The van der Waals surface area contributed by atoms with E-state index in [1.165, 1.54) is 32.2 Å². The van der Waals surface area contributed by atoms with Gasteiger partial charge in [0.05, 0.1) is 0 Å². The van der Waals surface area contributed by atoms with Gasteiger partial charge in [-0.3, -0.25) is 9.69 Å². The Labute approximate surface area is 103 Å². The highest BCUT2D eigenvalue weighted by molar-refractivity contribution is 5.78. The van der Waals surface area contributed by atoms with E-state index in [0.717, 1.165) is 25.9 Å². The quantitative estimate of drug-likeness (QED) is 0.680. The van der Waals surface area contributed by atoms with Crippen LogP contribution in [-0.2, 0) is 4.79 Å². The van der Waals surface area contributed by atoms with Crippen molar-refractivity contribution in [2.24, 2.45) is 0 Å². The van der Waals surface area contributed by atoms with E-state index >= 15 is 0 Å².